The molecule has 1 aromatic carbocycles. The largest absolute Gasteiger partial charge is 0.361 e. The van der Waals surface area contributed by atoms with Gasteiger partial charge in [-0.15, -0.1) is 0 Å². The van der Waals surface area contributed by atoms with Crippen LogP contribution in [0.15, 0.2) is 46.0 Å². The lowest BCUT2D eigenvalue weighted by Crippen LogP contribution is -2.49. The second-order valence-electron chi connectivity index (χ2n) is 7.16. The van der Waals surface area contributed by atoms with E-state index < -0.39 is 0 Å². The van der Waals surface area contributed by atoms with Crippen molar-refractivity contribution in [2.75, 3.05) is 39.3 Å². The van der Waals surface area contributed by atoms with Crippen LogP contribution >= 0.6 is 0 Å². The molecule has 2 aliphatic rings. The standard InChI is InChI=1S/C20H25N5O2/c1-16-13-18(22-27-16)14-23-9-11-24(12-10-23)15-20(26)25-8-7-19(21-25)17-5-3-2-4-6-17/h2-6,13H,7-12,14-15H2,1H3. The molecule has 1 amide bonds. The third kappa shape index (κ3) is 4.43. The highest BCUT2D eigenvalue weighted by atomic mass is 16.5. The number of nitrogens with zero attached hydrogens (tertiary/aromatic N) is 5. The summed E-state index contributed by atoms with van der Waals surface area (Å²) in [7, 11) is 0. The molecule has 0 saturated carbocycles. The third-order valence-corrected chi connectivity index (χ3v) is 5.08. The van der Waals surface area contributed by atoms with E-state index in [1.165, 1.54) is 0 Å². The second kappa shape index (κ2) is 8.02. The Morgan fingerprint density at radius 1 is 1.07 bits per heavy atom. The molecular formula is C20H25N5O2. The summed E-state index contributed by atoms with van der Waals surface area (Å²) >= 11 is 0. The maximum absolute atomic E-state index is 12.6. The van der Waals surface area contributed by atoms with Crippen LogP contribution in [0.25, 0.3) is 0 Å². The summed E-state index contributed by atoms with van der Waals surface area (Å²) in [4.78, 5) is 17.2. The lowest BCUT2D eigenvalue weighted by Gasteiger charge is -2.34. The van der Waals surface area contributed by atoms with Crippen LogP contribution in [-0.2, 0) is 11.3 Å². The number of aromatic nitrogens is 1. The Morgan fingerprint density at radius 2 is 1.81 bits per heavy atom. The molecule has 1 fully saturated rings. The monoisotopic (exact) mass is 367 g/mol. The van der Waals surface area contributed by atoms with Crippen molar-refractivity contribution in [1.82, 2.24) is 20.0 Å². The molecule has 2 aromatic rings. The first-order valence-corrected chi connectivity index (χ1v) is 9.47. The zero-order valence-electron chi connectivity index (χ0n) is 15.7. The average molecular weight is 367 g/mol. The molecule has 7 heteroatoms. The van der Waals surface area contributed by atoms with E-state index in [4.69, 9.17) is 4.52 Å². The fourth-order valence-electron chi connectivity index (χ4n) is 3.57. The number of carbonyl (C=O) groups is 1. The molecule has 0 unspecified atom stereocenters. The summed E-state index contributed by atoms with van der Waals surface area (Å²) in [5.74, 6) is 0.928. The van der Waals surface area contributed by atoms with Gasteiger partial charge in [-0.25, -0.2) is 5.01 Å². The van der Waals surface area contributed by atoms with Crippen molar-refractivity contribution in [3.8, 4) is 0 Å². The number of aryl methyl sites for hydroxylation is 1. The van der Waals surface area contributed by atoms with E-state index in [0.717, 1.165) is 61.9 Å². The topological polar surface area (TPSA) is 65.2 Å². The summed E-state index contributed by atoms with van der Waals surface area (Å²) in [5.41, 5.74) is 3.07. The summed E-state index contributed by atoms with van der Waals surface area (Å²) < 4.78 is 5.13. The van der Waals surface area contributed by atoms with E-state index in [9.17, 15) is 4.79 Å². The van der Waals surface area contributed by atoms with Crippen molar-refractivity contribution >= 4 is 11.6 Å². The molecule has 0 atom stereocenters. The quantitative estimate of drug-likeness (QED) is 0.805. The smallest absolute Gasteiger partial charge is 0.256 e. The van der Waals surface area contributed by atoms with Crippen LogP contribution in [0.4, 0.5) is 0 Å². The van der Waals surface area contributed by atoms with E-state index in [2.05, 4.69) is 20.1 Å². The van der Waals surface area contributed by atoms with Crippen molar-refractivity contribution < 1.29 is 9.32 Å². The number of hydrazone groups is 1. The predicted molar refractivity (Wildman–Crippen MR) is 102 cm³/mol. The Bertz CT molecular complexity index is 809. The average Bonchev–Trinajstić information content (AvgIpc) is 3.33. The Balaban J connectivity index is 1.25. The molecule has 7 nitrogen and oxygen atoms in total. The molecule has 142 valence electrons. The van der Waals surface area contributed by atoms with Crippen LogP contribution < -0.4 is 0 Å². The summed E-state index contributed by atoms with van der Waals surface area (Å²) in [6.07, 6.45) is 0.820. The second-order valence-corrected chi connectivity index (χ2v) is 7.16. The fraction of sp³-hybridized carbons (Fsp3) is 0.450. The minimum Gasteiger partial charge on any atom is -0.361 e. The van der Waals surface area contributed by atoms with Gasteiger partial charge in [0.05, 0.1) is 24.5 Å². The molecule has 27 heavy (non-hydrogen) atoms. The van der Waals surface area contributed by atoms with E-state index >= 15 is 0 Å². The van der Waals surface area contributed by atoms with E-state index in [-0.39, 0.29) is 5.91 Å². The van der Waals surface area contributed by atoms with Gasteiger partial charge >= 0.3 is 0 Å². The van der Waals surface area contributed by atoms with Gasteiger partial charge in [0.25, 0.3) is 5.91 Å². The molecule has 1 saturated heterocycles. The highest BCUT2D eigenvalue weighted by Crippen LogP contribution is 2.15. The summed E-state index contributed by atoms with van der Waals surface area (Å²) in [6, 6.07) is 12.1. The minimum atomic E-state index is 0.0847. The zero-order valence-corrected chi connectivity index (χ0v) is 15.7. The maximum atomic E-state index is 12.6. The minimum absolute atomic E-state index is 0.0847. The molecule has 1 aromatic heterocycles. The molecule has 0 bridgehead atoms. The van der Waals surface area contributed by atoms with Crippen LogP contribution in [-0.4, -0.2) is 70.9 Å². The van der Waals surface area contributed by atoms with Crippen molar-refractivity contribution in [1.29, 1.82) is 0 Å². The Morgan fingerprint density at radius 3 is 2.52 bits per heavy atom. The molecule has 0 aliphatic carbocycles. The third-order valence-electron chi connectivity index (χ3n) is 5.08. The molecule has 0 N–H and O–H groups in total. The number of benzene rings is 1. The van der Waals surface area contributed by atoms with Crippen molar-refractivity contribution in [3.05, 3.63) is 53.4 Å². The Labute approximate surface area is 159 Å². The fourth-order valence-corrected chi connectivity index (χ4v) is 3.57. The van der Waals surface area contributed by atoms with E-state index in [0.29, 0.717) is 13.1 Å². The van der Waals surface area contributed by atoms with Crippen LogP contribution in [0, 0.1) is 6.92 Å². The van der Waals surface area contributed by atoms with Gasteiger partial charge in [-0.05, 0) is 12.5 Å². The molecule has 2 aliphatic heterocycles. The van der Waals surface area contributed by atoms with Crippen LogP contribution in [0.1, 0.15) is 23.4 Å². The first-order chi connectivity index (χ1) is 13.2. The number of piperazine rings is 1. The number of carbonyl (C=O) groups excluding carboxylic acids is 1. The van der Waals surface area contributed by atoms with Gasteiger partial charge in [0, 0.05) is 45.2 Å². The molecule has 4 rings (SSSR count). The number of hydrogen-bond donors (Lipinski definition) is 0. The van der Waals surface area contributed by atoms with E-state index in [1.807, 2.05) is 43.3 Å². The van der Waals surface area contributed by atoms with Gasteiger partial charge in [0.2, 0.25) is 0 Å². The van der Waals surface area contributed by atoms with Gasteiger partial charge in [0.1, 0.15) is 5.76 Å². The lowest BCUT2D eigenvalue weighted by atomic mass is 10.1. The van der Waals surface area contributed by atoms with Gasteiger partial charge in [-0.3, -0.25) is 14.6 Å². The van der Waals surface area contributed by atoms with Gasteiger partial charge < -0.3 is 4.52 Å². The number of amides is 1. The lowest BCUT2D eigenvalue weighted by molar-refractivity contribution is -0.132. The molecule has 0 spiro atoms. The Hall–Kier alpha value is -2.51. The molecular weight excluding hydrogens is 342 g/mol. The van der Waals surface area contributed by atoms with Crippen LogP contribution in [0.5, 0.6) is 0 Å². The van der Waals surface area contributed by atoms with E-state index in [1.54, 1.807) is 5.01 Å². The van der Waals surface area contributed by atoms with Gasteiger partial charge in [-0.1, -0.05) is 35.5 Å². The summed E-state index contributed by atoms with van der Waals surface area (Å²) in [5, 5.41) is 10.2. The van der Waals surface area contributed by atoms with Crippen molar-refractivity contribution in [2.24, 2.45) is 5.10 Å². The maximum Gasteiger partial charge on any atom is 0.256 e. The number of rotatable bonds is 5. The van der Waals surface area contributed by atoms with Crippen molar-refractivity contribution in [2.45, 2.75) is 19.9 Å². The normalized spacial score (nSPS) is 18.7. The highest BCUT2D eigenvalue weighted by molar-refractivity contribution is 6.02. The number of hydrogen-bond acceptors (Lipinski definition) is 6. The molecule has 0 radical (unpaired) electrons. The first-order valence-electron chi connectivity index (χ1n) is 9.47. The first kappa shape index (κ1) is 17.9. The summed E-state index contributed by atoms with van der Waals surface area (Å²) in [6.45, 7) is 7.43. The highest BCUT2D eigenvalue weighted by Gasteiger charge is 2.25. The SMILES string of the molecule is Cc1cc(CN2CCN(CC(=O)N3CCC(c4ccccc4)=N3)CC2)no1. The Kier molecular flexibility index (Phi) is 5.31. The van der Waals surface area contributed by atoms with Gasteiger partial charge in [-0.2, -0.15) is 5.10 Å². The van der Waals surface area contributed by atoms with Gasteiger partial charge in [0.15, 0.2) is 0 Å². The van der Waals surface area contributed by atoms with Crippen LogP contribution in [0.3, 0.4) is 0 Å². The van der Waals surface area contributed by atoms with Crippen molar-refractivity contribution in [3.63, 3.8) is 0 Å². The van der Waals surface area contributed by atoms with Crippen LogP contribution in [0.2, 0.25) is 0 Å². The molecule has 3 heterocycles. The zero-order chi connectivity index (χ0) is 18.6. The predicted octanol–water partition coefficient (Wildman–Crippen LogP) is 1.74.